The zero-order chi connectivity index (χ0) is 32.4. The standard InChI is InChI=1S/C42H30N2O4/c45-41(46)37(44-42(47)48-23-35-29-12-3-1-10-27(29)28-11-2-4-13-30(28)35)22-34-31-14-5-6-15-36(31)43-40(34)33-21-19-26-17-16-24-8-7-9-25-18-20-32(33)39(26)38(24)25/h1-21,35,37,43H,22-23H2,(H,44,47)(H,45,46)/t37-/m0/s1. The van der Waals surface area contributed by atoms with E-state index < -0.39 is 18.1 Å². The molecule has 1 heterocycles. The van der Waals surface area contributed by atoms with E-state index in [1.807, 2.05) is 48.5 Å². The van der Waals surface area contributed by atoms with Crippen molar-refractivity contribution in [3.8, 4) is 22.4 Å². The molecule has 1 aliphatic rings. The Morgan fingerprint density at radius 3 is 2.02 bits per heavy atom. The molecule has 0 bridgehead atoms. The summed E-state index contributed by atoms with van der Waals surface area (Å²) in [6.45, 7) is 0.104. The molecule has 6 heteroatoms. The van der Waals surface area contributed by atoms with E-state index in [4.69, 9.17) is 4.74 Å². The first-order chi connectivity index (χ1) is 23.5. The number of hydrogen-bond donors (Lipinski definition) is 3. The normalized spacial score (nSPS) is 13.2. The van der Waals surface area contributed by atoms with Crippen LogP contribution in [0.15, 0.2) is 127 Å². The lowest BCUT2D eigenvalue weighted by molar-refractivity contribution is -0.139. The van der Waals surface area contributed by atoms with Gasteiger partial charge < -0.3 is 20.1 Å². The fourth-order valence-corrected chi connectivity index (χ4v) is 7.78. The van der Waals surface area contributed by atoms with E-state index in [1.54, 1.807) is 0 Å². The van der Waals surface area contributed by atoms with E-state index in [1.165, 1.54) is 21.5 Å². The third-order valence-corrected chi connectivity index (χ3v) is 9.95. The highest BCUT2D eigenvalue weighted by Gasteiger charge is 2.30. The smallest absolute Gasteiger partial charge is 0.407 e. The van der Waals surface area contributed by atoms with Gasteiger partial charge in [-0.05, 0) is 66.2 Å². The molecular formula is C42H30N2O4. The molecule has 1 aromatic heterocycles. The van der Waals surface area contributed by atoms with Crippen molar-refractivity contribution in [1.82, 2.24) is 10.3 Å². The monoisotopic (exact) mass is 626 g/mol. The molecule has 6 nitrogen and oxygen atoms in total. The topological polar surface area (TPSA) is 91.4 Å². The van der Waals surface area contributed by atoms with Crippen LogP contribution in [0.25, 0.3) is 65.6 Å². The molecule has 1 aliphatic carbocycles. The Labute approximate surface area is 275 Å². The molecule has 0 unspecified atom stereocenters. The Kier molecular flexibility index (Phi) is 6.44. The number of aromatic nitrogens is 1. The second-order valence-corrected chi connectivity index (χ2v) is 12.6. The van der Waals surface area contributed by atoms with Crippen molar-refractivity contribution in [2.75, 3.05) is 6.61 Å². The van der Waals surface area contributed by atoms with Gasteiger partial charge in [-0.25, -0.2) is 9.59 Å². The van der Waals surface area contributed by atoms with E-state index in [0.717, 1.165) is 60.8 Å². The van der Waals surface area contributed by atoms with Gasteiger partial charge in [-0.2, -0.15) is 0 Å². The number of carboxylic acid groups (broad SMARTS) is 1. The Morgan fingerprint density at radius 1 is 0.667 bits per heavy atom. The summed E-state index contributed by atoms with van der Waals surface area (Å²) in [4.78, 5) is 29.5. The number of fused-ring (bicyclic) bond motifs is 4. The fraction of sp³-hybridized carbons (Fsp3) is 0.0952. The van der Waals surface area contributed by atoms with Gasteiger partial charge in [0.05, 0.1) is 5.69 Å². The number of carbonyl (C=O) groups is 2. The van der Waals surface area contributed by atoms with Gasteiger partial charge in [0.25, 0.3) is 0 Å². The highest BCUT2D eigenvalue weighted by atomic mass is 16.5. The van der Waals surface area contributed by atoms with Crippen LogP contribution in [0.5, 0.6) is 0 Å². The van der Waals surface area contributed by atoms with Crippen LogP contribution in [0.4, 0.5) is 4.79 Å². The number of rotatable bonds is 7. The molecule has 232 valence electrons. The Hall–Kier alpha value is -6.14. The molecule has 0 saturated carbocycles. The first kappa shape index (κ1) is 28.1. The number of carbonyl (C=O) groups excluding carboxylic acids is 1. The van der Waals surface area contributed by atoms with Crippen molar-refractivity contribution in [1.29, 1.82) is 0 Å². The molecule has 7 aromatic carbocycles. The van der Waals surface area contributed by atoms with Gasteiger partial charge in [-0.1, -0.05) is 121 Å². The van der Waals surface area contributed by atoms with Gasteiger partial charge in [0.1, 0.15) is 12.6 Å². The second kappa shape index (κ2) is 11.0. The van der Waals surface area contributed by atoms with Crippen LogP contribution in [0.3, 0.4) is 0 Å². The lowest BCUT2D eigenvalue weighted by Crippen LogP contribution is -2.43. The predicted octanol–water partition coefficient (Wildman–Crippen LogP) is 9.27. The third-order valence-electron chi connectivity index (χ3n) is 9.95. The van der Waals surface area contributed by atoms with Crippen molar-refractivity contribution in [2.45, 2.75) is 18.4 Å². The number of nitrogens with one attached hydrogen (secondary N) is 2. The van der Waals surface area contributed by atoms with E-state index in [-0.39, 0.29) is 18.9 Å². The Balaban J connectivity index is 1.05. The molecule has 3 N–H and O–H groups in total. The van der Waals surface area contributed by atoms with Gasteiger partial charge in [0, 0.05) is 28.8 Å². The molecule has 0 aliphatic heterocycles. The molecule has 48 heavy (non-hydrogen) atoms. The molecular weight excluding hydrogens is 596 g/mol. The molecule has 9 rings (SSSR count). The van der Waals surface area contributed by atoms with Crippen LogP contribution < -0.4 is 5.32 Å². The maximum atomic E-state index is 13.2. The van der Waals surface area contributed by atoms with Crippen LogP contribution in [-0.2, 0) is 16.0 Å². The van der Waals surface area contributed by atoms with Gasteiger partial charge in [0.15, 0.2) is 0 Å². The number of H-pyrrole nitrogens is 1. The summed E-state index contributed by atoms with van der Waals surface area (Å²) < 4.78 is 5.74. The maximum Gasteiger partial charge on any atom is 0.407 e. The minimum Gasteiger partial charge on any atom is -0.480 e. The summed E-state index contributed by atoms with van der Waals surface area (Å²) in [5.74, 6) is -1.25. The number of amides is 1. The number of hydrogen-bond acceptors (Lipinski definition) is 3. The Morgan fingerprint density at radius 2 is 1.29 bits per heavy atom. The van der Waals surface area contributed by atoms with Crippen molar-refractivity contribution >= 4 is 55.3 Å². The van der Waals surface area contributed by atoms with Crippen LogP contribution in [0.2, 0.25) is 0 Å². The fourth-order valence-electron chi connectivity index (χ4n) is 7.78. The lowest BCUT2D eigenvalue weighted by Gasteiger charge is -2.18. The van der Waals surface area contributed by atoms with Gasteiger partial charge in [-0.3, -0.25) is 0 Å². The first-order valence-corrected chi connectivity index (χ1v) is 16.2. The van der Waals surface area contributed by atoms with Crippen molar-refractivity contribution in [3.05, 3.63) is 144 Å². The number of ether oxygens (including phenoxy) is 1. The lowest BCUT2D eigenvalue weighted by atomic mass is 9.89. The molecule has 8 aromatic rings. The van der Waals surface area contributed by atoms with Crippen LogP contribution in [0.1, 0.15) is 22.6 Å². The number of benzene rings is 7. The van der Waals surface area contributed by atoms with Gasteiger partial charge in [0.2, 0.25) is 0 Å². The summed E-state index contributed by atoms with van der Waals surface area (Å²) in [6, 6.07) is 42.1. The Bertz CT molecular complexity index is 2490. The van der Waals surface area contributed by atoms with E-state index in [9.17, 15) is 14.7 Å². The van der Waals surface area contributed by atoms with E-state index in [2.05, 4.69) is 89.2 Å². The second-order valence-electron chi connectivity index (χ2n) is 12.6. The van der Waals surface area contributed by atoms with Gasteiger partial charge >= 0.3 is 12.1 Å². The molecule has 1 amide bonds. The number of carboxylic acids is 1. The summed E-state index contributed by atoms with van der Waals surface area (Å²) in [5, 5.41) is 20.9. The molecule has 0 radical (unpaired) electrons. The van der Waals surface area contributed by atoms with Gasteiger partial charge in [-0.15, -0.1) is 0 Å². The third kappa shape index (κ3) is 4.41. The highest BCUT2D eigenvalue weighted by Crippen LogP contribution is 2.45. The van der Waals surface area contributed by atoms with Crippen molar-refractivity contribution < 1.29 is 19.4 Å². The zero-order valence-corrected chi connectivity index (χ0v) is 25.9. The zero-order valence-electron chi connectivity index (χ0n) is 25.9. The molecule has 0 spiro atoms. The number of para-hydroxylation sites is 1. The summed E-state index contributed by atoms with van der Waals surface area (Å²) in [6.07, 6.45) is -0.686. The predicted molar refractivity (Wildman–Crippen MR) is 191 cm³/mol. The van der Waals surface area contributed by atoms with Crippen LogP contribution in [-0.4, -0.2) is 34.8 Å². The largest absolute Gasteiger partial charge is 0.480 e. The van der Waals surface area contributed by atoms with E-state index in [0.29, 0.717) is 0 Å². The molecule has 0 saturated heterocycles. The quantitative estimate of drug-likeness (QED) is 0.154. The molecule has 0 fully saturated rings. The van der Waals surface area contributed by atoms with Crippen LogP contribution >= 0.6 is 0 Å². The summed E-state index contributed by atoms with van der Waals surface area (Å²) in [5.41, 5.74) is 8.00. The maximum absolute atomic E-state index is 13.2. The number of aromatic amines is 1. The van der Waals surface area contributed by atoms with E-state index >= 15 is 0 Å². The average Bonchev–Trinajstić information content (AvgIpc) is 3.64. The summed E-state index contributed by atoms with van der Waals surface area (Å²) >= 11 is 0. The van der Waals surface area contributed by atoms with Crippen LogP contribution in [0, 0.1) is 0 Å². The van der Waals surface area contributed by atoms with Crippen molar-refractivity contribution in [2.24, 2.45) is 0 Å². The average molecular weight is 627 g/mol. The minimum absolute atomic E-state index is 0.0703. The first-order valence-electron chi connectivity index (χ1n) is 16.2. The SMILES string of the molecule is O=C(N[C@@H](Cc1c(-c2ccc3ccc4cccc5ccc2c3c45)[nH]c2ccccc12)C(=O)O)OCC1c2ccccc2-c2ccccc21. The van der Waals surface area contributed by atoms with Crippen molar-refractivity contribution in [3.63, 3.8) is 0 Å². The summed E-state index contributed by atoms with van der Waals surface area (Å²) in [7, 11) is 0. The molecule has 1 atom stereocenters. The number of alkyl carbamates (subject to hydrolysis) is 1. The number of aliphatic carboxylic acids is 1. The minimum atomic E-state index is -1.21. The highest BCUT2D eigenvalue weighted by molar-refractivity contribution is 6.25.